The zero-order valence-electron chi connectivity index (χ0n) is 12.4. The maximum absolute atomic E-state index is 10.9. The molecule has 1 aromatic rings. The van der Waals surface area contributed by atoms with Crippen molar-refractivity contribution in [3.8, 4) is 0 Å². The summed E-state index contributed by atoms with van der Waals surface area (Å²) in [4.78, 5) is 15.2. The fourth-order valence-corrected chi connectivity index (χ4v) is 1.92. The zero-order valence-corrected chi connectivity index (χ0v) is 12.4. The minimum absolute atomic E-state index is 0.185. The second kappa shape index (κ2) is 8.19. The number of aliphatic imine (C=N–C) groups is 1. The molecule has 0 saturated heterocycles. The van der Waals surface area contributed by atoms with Crippen molar-refractivity contribution in [2.75, 3.05) is 19.0 Å². The van der Waals surface area contributed by atoms with E-state index >= 15 is 0 Å². The normalized spacial score (nSPS) is 11.2. The van der Waals surface area contributed by atoms with Crippen LogP contribution in [0.25, 0.3) is 0 Å². The van der Waals surface area contributed by atoms with Gasteiger partial charge in [0.05, 0.1) is 7.11 Å². The van der Waals surface area contributed by atoms with Crippen LogP contribution in [0, 0.1) is 13.8 Å². The van der Waals surface area contributed by atoms with Crippen molar-refractivity contribution in [2.24, 2.45) is 10.7 Å². The predicted molar refractivity (Wildman–Crippen MR) is 81.9 cm³/mol. The molecule has 1 rings (SSSR count). The third-order valence-corrected chi connectivity index (χ3v) is 2.79. The summed E-state index contributed by atoms with van der Waals surface area (Å²) in [6.45, 7) is 4.68. The highest BCUT2D eigenvalue weighted by Crippen LogP contribution is 2.13. The lowest BCUT2D eigenvalue weighted by atomic mass is 10.1. The Morgan fingerprint density at radius 3 is 2.50 bits per heavy atom. The van der Waals surface area contributed by atoms with Crippen molar-refractivity contribution in [3.05, 3.63) is 29.3 Å². The molecule has 0 spiro atoms. The van der Waals surface area contributed by atoms with Gasteiger partial charge in [-0.3, -0.25) is 9.79 Å². The maximum atomic E-state index is 10.9. The molecular weight excluding hydrogens is 254 g/mol. The van der Waals surface area contributed by atoms with Gasteiger partial charge in [0.25, 0.3) is 0 Å². The number of methoxy groups -OCH3 is 1. The van der Waals surface area contributed by atoms with Gasteiger partial charge in [-0.15, -0.1) is 0 Å². The van der Waals surface area contributed by atoms with E-state index < -0.39 is 0 Å². The van der Waals surface area contributed by atoms with Crippen LogP contribution in [0.5, 0.6) is 0 Å². The highest BCUT2D eigenvalue weighted by Gasteiger charge is 2.00. The number of nitrogens with one attached hydrogen (secondary N) is 1. The summed E-state index contributed by atoms with van der Waals surface area (Å²) in [6, 6.07) is 6.14. The Morgan fingerprint density at radius 2 is 1.90 bits per heavy atom. The van der Waals surface area contributed by atoms with Gasteiger partial charge < -0.3 is 15.8 Å². The molecule has 110 valence electrons. The average molecular weight is 277 g/mol. The van der Waals surface area contributed by atoms with Gasteiger partial charge in [-0.05, 0) is 49.9 Å². The lowest BCUT2D eigenvalue weighted by Crippen LogP contribution is -2.23. The Balaban J connectivity index is 2.36. The SMILES string of the molecule is COC(=O)CCCCN=C(N)Nc1cc(C)cc(C)c1. The number of guanidine groups is 1. The lowest BCUT2D eigenvalue weighted by Gasteiger charge is -2.08. The largest absolute Gasteiger partial charge is 0.469 e. The Kier molecular flexibility index (Phi) is 6.56. The molecule has 5 heteroatoms. The third-order valence-electron chi connectivity index (χ3n) is 2.79. The lowest BCUT2D eigenvalue weighted by molar-refractivity contribution is -0.140. The number of rotatable bonds is 6. The van der Waals surface area contributed by atoms with E-state index in [1.54, 1.807) is 0 Å². The predicted octanol–water partition coefficient (Wildman–Crippen LogP) is 2.37. The van der Waals surface area contributed by atoms with Crippen molar-refractivity contribution in [1.29, 1.82) is 0 Å². The van der Waals surface area contributed by atoms with Crippen LogP contribution in [0.15, 0.2) is 23.2 Å². The minimum Gasteiger partial charge on any atom is -0.469 e. The Morgan fingerprint density at radius 1 is 1.25 bits per heavy atom. The minimum atomic E-state index is -0.185. The highest BCUT2D eigenvalue weighted by atomic mass is 16.5. The first kappa shape index (κ1) is 16.0. The first-order chi connectivity index (χ1) is 9.51. The van der Waals surface area contributed by atoms with Gasteiger partial charge in [0.15, 0.2) is 5.96 Å². The Labute approximate surface area is 120 Å². The topological polar surface area (TPSA) is 76.7 Å². The molecule has 0 aliphatic carbocycles. The Bertz CT molecular complexity index is 464. The van der Waals surface area contributed by atoms with Gasteiger partial charge in [0.1, 0.15) is 0 Å². The first-order valence-corrected chi connectivity index (χ1v) is 6.73. The molecule has 0 aliphatic heterocycles. The van der Waals surface area contributed by atoms with Gasteiger partial charge in [-0.25, -0.2) is 0 Å². The summed E-state index contributed by atoms with van der Waals surface area (Å²) < 4.78 is 4.57. The number of anilines is 1. The quantitative estimate of drug-likeness (QED) is 0.362. The number of hydrogen-bond acceptors (Lipinski definition) is 3. The number of carbonyl (C=O) groups excluding carboxylic acids is 1. The van der Waals surface area contributed by atoms with Crippen LogP contribution in [0.2, 0.25) is 0 Å². The first-order valence-electron chi connectivity index (χ1n) is 6.73. The van der Waals surface area contributed by atoms with Crippen LogP contribution >= 0.6 is 0 Å². The summed E-state index contributed by atoms with van der Waals surface area (Å²) >= 11 is 0. The van der Waals surface area contributed by atoms with Crippen LogP contribution in [0.1, 0.15) is 30.4 Å². The summed E-state index contributed by atoms with van der Waals surface area (Å²) in [5.41, 5.74) is 9.12. The number of esters is 1. The third kappa shape index (κ3) is 6.22. The van der Waals surface area contributed by atoms with E-state index in [0.29, 0.717) is 18.9 Å². The van der Waals surface area contributed by atoms with Crippen molar-refractivity contribution in [1.82, 2.24) is 0 Å². The number of hydrogen-bond donors (Lipinski definition) is 2. The van der Waals surface area contributed by atoms with E-state index in [1.807, 2.05) is 26.0 Å². The number of ether oxygens (including phenoxy) is 1. The van der Waals surface area contributed by atoms with Crippen molar-refractivity contribution < 1.29 is 9.53 Å². The fourth-order valence-electron chi connectivity index (χ4n) is 1.92. The van der Waals surface area contributed by atoms with E-state index in [4.69, 9.17) is 5.73 Å². The number of unbranched alkanes of at least 4 members (excludes halogenated alkanes) is 1. The molecule has 20 heavy (non-hydrogen) atoms. The van der Waals surface area contributed by atoms with E-state index in [9.17, 15) is 4.79 Å². The molecule has 0 heterocycles. The standard InChI is InChI=1S/C15H23N3O2/c1-11-8-12(2)10-13(9-11)18-15(16)17-7-5-4-6-14(19)20-3/h8-10H,4-7H2,1-3H3,(H3,16,17,18). The molecule has 0 aromatic heterocycles. The summed E-state index contributed by atoms with van der Waals surface area (Å²) in [7, 11) is 1.40. The molecule has 0 radical (unpaired) electrons. The van der Waals surface area contributed by atoms with E-state index in [1.165, 1.54) is 18.2 Å². The number of carbonyl (C=O) groups is 1. The molecule has 0 saturated carbocycles. The molecule has 0 aliphatic rings. The van der Waals surface area contributed by atoms with E-state index in [-0.39, 0.29) is 5.97 Å². The summed E-state index contributed by atoms with van der Waals surface area (Å²) in [6.07, 6.45) is 1.99. The number of nitrogens with two attached hydrogens (primary N) is 1. The number of nitrogens with zero attached hydrogens (tertiary/aromatic N) is 1. The van der Waals surface area contributed by atoms with Crippen molar-refractivity contribution in [2.45, 2.75) is 33.1 Å². The summed E-state index contributed by atoms with van der Waals surface area (Å²) in [5, 5.41) is 3.07. The highest BCUT2D eigenvalue weighted by molar-refractivity contribution is 5.92. The fraction of sp³-hybridized carbons (Fsp3) is 0.467. The van der Waals surface area contributed by atoms with Crippen LogP contribution in [-0.4, -0.2) is 25.6 Å². The maximum Gasteiger partial charge on any atom is 0.305 e. The second-order valence-corrected chi connectivity index (χ2v) is 4.80. The van der Waals surface area contributed by atoms with Gasteiger partial charge in [-0.1, -0.05) is 6.07 Å². The molecule has 0 amide bonds. The molecule has 3 N–H and O–H groups in total. The average Bonchev–Trinajstić information content (AvgIpc) is 2.36. The van der Waals surface area contributed by atoms with Crippen molar-refractivity contribution >= 4 is 17.6 Å². The molecule has 5 nitrogen and oxygen atoms in total. The second-order valence-electron chi connectivity index (χ2n) is 4.80. The monoisotopic (exact) mass is 277 g/mol. The Hall–Kier alpha value is -2.04. The molecular formula is C15H23N3O2. The molecule has 0 atom stereocenters. The van der Waals surface area contributed by atoms with E-state index in [2.05, 4.69) is 21.1 Å². The number of aryl methyl sites for hydroxylation is 2. The molecule has 0 fully saturated rings. The van der Waals surface area contributed by atoms with Crippen LogP contribution in [-0.2, 0) is 9.53 Å². The van der Waals surface area contributed by atoms with Gasteiger partial charge >= 0.3 is 5.97 Å². The van der Waals surface area contributed by atoms with E-state index in [0.717, 1.165) is 18.5 Å². The smallest absolute Gasteiger partial charge is 0.305 e. The molecule has 1 aromatic carbocycles. The van der Waals surface area contributed by atoms with Crippen molar-refractivity contribution in [3.63, 3.8) is 0 Å². The molecule has 0 bridgehead atoms. The van der Waals surface area contributed by atoms with Crippen LogP contribution in [0.4, 0.5) is 5.69 Å². The van der Waals surface area contributed by atoms with Crippen LogP contribution < -0.4 is 11.1 Å². The number of benzene rings is 1. The zero-order chi connectivity index (χ0) is 15.0. The summed E-state index contributed by atoms with van der Waals surface area (Å²) in [5.74, 6) is 0.211. The van der Waals surface area contributed by atoms with Gasteiger partial charge in [0, 0.05) is 18.7 Å². The van der Waals surface area contributed by atoms with Gasteiger partial charge in [0.2, 0.25) is 0 Å². The van der Waals surface area contributed by atoms with Crippen LogP contribution in [0.3, 0.4) is 0 Å². The van der Waals surface area contributed by atoms with Gasteiger partial charge in [-0.2, -0.15) is 0 Å². The molecule has 0 unspecified atom stereocenters.